The van der Waals surface area contributed by atoms with Gasteiger partial charge in [-0.25, -0.2) is 4.98 Å². The summed E-state index contributed by atoms with van der Waals surface area (Å²) in [6.45, 7) is 2.97. The lowest BCUT2D eigenvalue weighted by Gasteiger charge is -2.18. The van der Waals surface area contributed by atoms with Crippen LogP contribution >= 0.6 is 0 Å². The van der Waals surface area contributed by atoms with Gasteiger partial charge in [-0.05, 0) is 18.4 Å². The molecule has 0 bridgehead atoms. The van der Waals surface area contributed by atoms with Crippen molar-refractivity contribution in [1.82, 2.24) is 9.55 Å². The van der Waals surface area contributed by atoms with Crippen molar-refractivity contribution >= 4 is 0 Å². The van der Waals surface area contributed by atoms with Gasteiger partial charge >= 0.3 is 6.18 Å². The van der Waals surface area contributed by atoms with Gasteiger partial charge in [-0.15, -0.1) is 0 Å². The first-order chi connectivity index (χ1) is 9.45. The molecule has 1 aromatic heterocycles. The van der Waals surface area contributed by atoms with E-state index in [4.69, 9.17) is 0 Å². The summed E-state index contributed by atoms with van der Waals surface area (Å²) in [5.74, 6) is 1.42. The summed E-state index contributed by atoms with van der Waals surface area (Å²) in [6.07, 6.45) is -0.738. The number of benzene rings is 1. The molecular formula is C15H15F3N2. The smallest absolute Gasteiger partial charge is 0.334 e. The third-order valence-corrected chi connectivity index (χ3v) is 3.76. The van der Waals surface area contributed by atoms with Gasteiger partial charge in [-0.1, -0.05) is 25.1 Å². The Balaban J connectivity index is 2.07. The third-order valence-electron chi connectivity index (χ3n) is 3.76. The predicted molar refractivity (Wildman–Crippen MR) is 70.2 cm³/mol. The number of hydrogen-bond donors (Lipinski definition) is 0. The van der Waals surface area contributed by atoms with E-state index in [0.717, 1.165) is 31.3 Å². The maximum Gasteiger partial charge on any atom is 0.417 e. The number of hydrogen-bond acceptors (Lipinski definition) is 1. The average molecular weight is 280 g/mol. The van der Waals surface area contributed by atoms with Crippen LogP contribution in [0.2, 0.25) is 0 Å². The molecule has 2 aromatic rings. The summed E-state index contributed by atoms with van der Waals surface area (Å²) in [7, 11) is 0. The fraction of sp³-hybridized carbons (Fsp3) is 0.400. The Hall–Kier alpha value is -1.78. The van der Waals surface area contributed by atoms with Crippen molar-refractivity contribution in [2.24, 2.45) is 5.92 Å². The van der Waals surface area contributed by atoms with Crippen LogP contribution in [0.15, 0.2) is 30.5 Å². The summed E-state index contributed by atoms with van der Waals surface area (Å²) in [6, 6.07) is 5.62. The van der Waals surface area contributed by atoms with Gasteiger partial charge < -0.3 is 4.57 Å². The van der Waals surface area contributed by atoms with Gasteiger partial charge in [-0.3, -0.25) is 0 Å². The molecule has 0 spiro atoms. The number of aromatic nitrogens is 2. The molecule has 5 heteroatoms. The van der Waals surface area contributed by atoms with E-state index in [9.17, 15) is 13.2 Å². The van der Waals surface area contributed by atoms with Gasteiger partial charge in [-0.2, -0.15) is 13.2 Å². The van der Waals surface area contributed by atoms with Crippen LogP contribution in [-0.4, -0.2) is 9.55 Å². The molecular weight excluding hydrogens is 265 g/mol. The molecule has 1 unspecified atom stereocenters. The maximum atomic E-state index is 13.0. The minimum absolute atomic E-state index is 0.162. The fourth-order valence-corrected chi connectivity index (χ4v) is 2.67. The lowest BCUT2D eigenvalue weighted by atomic mass is 10.0. The van der Waals surface area contributed by atoms with Crippen molar-refractivity contribution in [2.45, 2.75) is 32.5 Å². The first-order valence-corrected chi connectivity index (χ1v) is 6.68. The zero-order valence-corrected chi connectivity index (χ0v) is 11.1. The van der Waals surface area contributed by atoms with E-state index >= 15 is 0 Å². The lowest BCUT2D eigenvalue weighted by Crippen LogP contribution is -2.16. The Morgan fingerprint density at radius 2 is 2.00 bits per heavy atom. The molecule has 1 aromatic carbocycles. The van der Waals surface area contributed by atoms with Crippen molar-refractivity contribution in [3.8, 4) is 11.3 Å². The van der Waals surface area contributed by atoms with Gasteiger partial charge in [0.25, 0.3) is 0 Å². The molecule has 0 saturated heterocycles. The van der Waals surface area contributed by atoms with E-state index in [2.05, 4.69) is 11.9 Å². The Morgan fingerprint density at radius 1 is 1.25 bits per heavy atom. The van der Waals surface area contributed by atoms with Crippen molar-refractivity contribution in [2.75, 3.05) is 0 Å². The van der Waals surface area contributed by atoms with E-state index in [1.54, 1.807) is 12.3 Å². The molecule has 0 aliphatic carbocycles. The average Bonchev–Trinajstić information content (AvgIpc) is 2.80. The summed E-state index contributed by atoms with van der Waals surface area (Å²) >= 11 is 0. The molecule has 0 amide bonds. The van der Waals surface area contributed by atoms with Crippen LogP contribution in [0.25, 0.3) is 11.3 Å². The first kappa shape index (κ1) is 13.2. The largest absolute Gasteiger partial charge is 0.417 e. The molecule has 0 saturated carbocycles. The van der Waals surface area contributed by atoms with Gasteiger partial charge in [0.15, 0.2) is 0 Å². The van der Waals surface area contributed by atoms with E-state index < -0.39 is 11.7 Å². The second kappa shape index (κ2) is 4.65. The molecule has 20 heavy (non-hydrogen) atoms. The van der Waals surface area contributed by atoms with E-state index in [1.165, 1.54) is 12.1 Å². The highest BCUT2D eigenvalue weighted by molar-refractivity contribution is 5.64. The number of halogens is 3. The Kier molecular flexibility index (Phi) is 3.07. The number of fused-ring (bicyclic) bond motifs is 1. The molecule has 1 atom stereocenters. The Labute approximate surface area is 115 Å². The van der Waals surface area contributed by atoms with Crippen LogP contribution in [-0.2, 0) is 19.1 Å². The Morgan fingerprint density at radius 3 is 2.75 bits per heavy atom. The molecule has 1 aliphatic heterocycles. The molecule has 2 nitrogen and oxygen atoms in total. The molecule has 106 valence electrons. The van der Waals surface area contributed by atoms with E-state index in [-0.39, 0.29) is 5.56 Å². The normalized spacial score (nSPS) is 18.9. The highest BCUT2D eigenvalue weighted by Gasteiger charge is 2.34. The van der Waals surface area contributed by atoms with Gasteiger partial charge in [0.05, 0.1) is 11.3 Å². The van der Waals surface area contributed by atoms with Gasteiger partial charge in [0, 0.05) is 24.7 Å². The van der Waals surface area contributed by atoms with Crippen molar-refractivity contribution in [3.05, 3.63) is 41.9 Å². The SMILES string of the molecule is CC1CCn2cc(-c3ccccc3C(F)(F)F)nc2C1. The van der Waals surface area contributed by atoms with Crippen molar-refractivity contribution in [3.63, 3.8) is 0 Å². The second-order valence-electron chi connectivity index (χ2n) is 5.38. The highest BCUT2D eigenvalue weighted by atomic mass is 19.4. The number of aryl methyl sites for hydroxylation is 1. The quantitative estimate of drug-likeness (QED) is 0.767. The molecule has 2 heterocycles. The topological polar surface area (TPSA) is 17.8 Å². The minimum atomic E-state index is -4.35. The van der Waals surface area contributed by atoms with Crippen LogP contribution in [0.1, 0.15) is 24.7 Å². The van der Waals surface area contributed by atoms with Crippen LogP contribution < -0.4 is 0 Å². The van der Waals surface area contributed by atoms with Crippen LogP contribution in [0.4, 0.5) is 13.2 Å². The first-order valence-electron chi connectivity index (χ1n) is 6.68. The molecule has 3 rings (SSSR count). The summed E-state index contributed by atoms with van der Waals surface area (Å²) < 4.78 is 41.1. The number of nitrogens with zero attached hydrogens (tertiary/aromatic N) is 2. The molecule has 0 radical (unpaired) electrons. The van der Waals surface area contributed by atoms with E-state index in [0.29, 0.717) is 11.6 Å². The zero-order valence-electron chi connectivity index (χ0n) is 11.1. The fourth-order valence-electron chi connectivity index (χ4n) is 2.67. The number of rotatable bonds is 1. The number of imidazole rings is 1. The standard InChI is InChI=1S/C15H15F3N2/c1-10-6-7-20-9-13(19-14(20)8-10)11-4-2-3-5-12(11)15(16,17)18/h2-5,9-10H,6-8H2,1H3. The van der Waals surface area contributed by atoms with Crippen molar-refractivity contribution in [1.29, 1.82) is 0 Å². The lowest BCUT2D eigenvalue weighted by molar-refractivity contribution is -0.137. The molecule has 1 aliphatic rings. The molecule has 0 fully saturated rings. The highest BCUT2D eigenvalue weighted by Crippen LogP contribution is 2.37. The second-order valence-corrected chi connectivity index (χ2v) is 5.38. The van der Waals surface area contributed by atoms with Crippen LogP contribution in [0.3, 0.4) is 0 Å². The molecule has 0 N–H and O–H groups in total. The summed E-state index contributed by atoms with van der Waals surface area (Å²) in [4.78, 5) is 4.41. The number of alkyl halides is 3. The van der Waals surface area contributed by atoms with Gasteiger partial charge in [0.1, 0.15) is 5.82 Å². The Bertz CT molecular complexity index is 628. The summed E-state index contributed by atoms with van der Waals surface area (Å²) in [5.41, 5.74) is -0.0416. The predicted octanol–water partition coefficient (Wildman–Crippen LogP) is 4.15. The van der Waals surface area contributed by atoms with Crippen LogP contribution in [0, 0.1) is 5.92 Å². The minimum Gasteiger partial charge on any atom is -0.334 e. The third kappa shape index (κ3) is 2.32. The monoisotopic (exact) mass is 280 g/mol. The maximum absolute atomic E-state index is 13.0. The van der Waals surface area contributed by atoms with Gasteiger partial charge in [0.2, 0.25) is 0 Å². The van der Waals surface area contributed by atoms with E-state index in [1.807, 2.05) is 4.57 Å². The summed E-state index contributed by atoms with van der Waals surface area (Å²) in [5, 5.41) is 0. The van der Waals surface area contributed by atoms with Crippen LogP contribution in [0.5, 0.6) is 0 Å². The zero-order chi connectivity index (χ0) is 14.3. The van der Waals surface area contributed by atoms with Crippen molar-refractivity contribution < 1.29 is 13.2 Å².